The van der Waals surface area contributed by atoms with Crippen LogP contribution in [0.1, 0.15) is 34.9 Å². The van der Waals surface area contributed by atoms with Crippen LogP contribution in [-0.4, -0.2) is 51.3 Å². The zero-order valence-corrected chi connectivity index (χ0v) is 8.54. The molecular formula is C10H24N2O2. The molecule has 0 unspecified atom stereocenters. The molecule has 0 aliphatic heterocycles. The van der Waals surface area contributed by atoms with Crippen molar-refractivity contribution in [2.45, 2.75) is 38.7 Å². The maximum atomic E-state index is 8.05. The van der Waals surface area contributed by atoms with E-state index in [0.717, 1.165) is 0 Å². The van der Waals surface area contributed by atoms with Gasteiger partial charge in [-0.05, 0) is 12.8 Å². The van der Waals surface area contributed by atoms with E-state index in [0.29, 0.717) is 10.6 Å². The Labute approximate surface area is 101 Å². The third-order valence-corrected chi connectivity index (χ3v) is 1.61. The van der Waals surface area contributed by atoms with Crippen molar-refractivity contribution in [3.63, 3.8) is 0 Å². The molecule has 0 fully saturated rings. The number of aliphatic hydroxyl groups is 2. The molecule has 0 spiro atoms. The molecule has 0 aromatic heterocycles. The third-order valence-electron chi connectivity index (χ3n) is 1.61. The third kappa shape index (κ3) is 6.32. The van der Waals surface area contributed by atoms with E-state index in [4.69, 9.17) is 13.9 Å². The van der Waals surface area contributed by atoms with Gasteiger partial charge in [0.25, 0.3) is 0 Å². The van der Waals surface area contributed by atoms with Gasteiger partial charge in [0.05, 0.1) is 18.6 Å². The van der Waals surface area contributed by atoms with Gasteiger partial charge in [0.1, 0.15) is 2.82 Å². The van der Waals surface area contributed by atoms with E-state index in [1.54, 1.807) is 0 Å². The summed E-state index contributed by atoms with van der Waals surface area (Å²) >= 11 is 0. The van der Waals surface area contributed by atoms with Crippen LogP contribution in [0.15, 0.2) is 0 Å². The van der Waals surface area contributed by atoms with Crippen LogP contribution in [0.2, 0.25) is 2.82 Å². The molecule has 0 aromatic carbocycles. The summed E-state index contributed by atoms with van der Waals surface area (Å²) in [4.78, 5) is 0. The van der Waals surface area contributed by atoms with Crippen molar-refractivity contribution in [2.24, 2.45) is 0 Å². The minimum atomic E-state index is -2.77. The molecule has 2 atom stereocenters. The number of hydrogen-bond acceptors (Lipinski definition) is 4. The van der Waals surface area contributed by atoms with Gasteiger partial charge in [0.2, 0.25) is 2.86 Å². The molecule has 4 nitrogen and oxygen atoms in total. The minimum Gasteiger partial charge on any atom is -0.395 e. The van der Waals surface area contributed by atoms with Gasteiger partial charge in [-0.15, -0.1) is 0 Å². The summed E-state index contributed by atoms with van der Waals surface area (Å²) in [6.45, 7) is -3.43. The second kappa shape index (κ2) is 9.40. The van der Waals surface area contributed by atoms with Crippen LogP contribution >= 0.6 is 0 Å². The summed E-state index contributed by atoms with van der Waals surface area (Å²) < 4.78 is 75.4. The molecule has 4 N–H and O–H groups in total. The van der Waals surface area contributed by atoms with Crippen LogP contribution in [0.5, 0.6) is 0 Å². The quantitative estimate of drug-likeness (QED) is 0.382. The summed E-state index contributed by atoms with van der Waals surface area (Å²) in [7, 11) is 0. The molecule has 4 heteroatoms. The molecule has 0 amide bonds. The fourth-order valence-corrected chi connectivity index (χ4v) is 0.802. The highest BCUT2D eigenvalue weighted by molar-refractivity contribution is 4.67. The number of rotatable bonds is 11. The van der Waals surface area contributed by atoms with Crippen molar-refractivity contribution in [1.82, 2.24) is 10.6 Å². The zero-order valence-electron chi connectivity index (χ0n) is 18.5. The number of hydrogen-bond donors (Lipinski definition) is 4. The molecule has 0 rings (SSSR count). The SMILES string of the molecule is [2H]OC([2H])([2H])[C@]([2H])(CC)N([2H])CCN([2H])[C@@]([2H])(CC)C([2H])([2H])O[2H]. The van der Waals surface area contributed by atoms with Gasteiger partial charge in [-0.3, -0.25) is 0 Å². The first-order valence-corrected chi connectivity index (χ1v) is 4.61. The summed E-state index contributed by atoms with van der Waals surface area (Å²) in [5.74, 6) is 0. The molecule has 0 bridgehead atoms. The van der Waals surface area contributed by atoms with E-state index in [1.807, 2.05) is 0 Å². The van der Waals surface area contributed by atoms with Crippen LogP contribution in [-0.2, 0) is 0 Å². The Morgan fingerprint density at radius 1 is 1.21 bits per heavy atom. The van der Waals surface area contributed by atoms with Crippen LogP contribution in [0.3, 0.4) is 0 Å². The maximum Gasteiger partial charge on any atom is 0.210 e. The van der Waals surface area contributed by atoms with Gasteiger partial charge in [-0.25, -0.2) is 0 Å². The summed E-state index contributed by atoms with van der Waals surface area (Å²) in [5, 5.41) is 8.82. The molecule has 0 saturated carbocycles. The Morgan fingerprint density at radius 2 is 1.64 bits per heavy atom. The smallest absolute Gasteiger partial charge is 0.210 e. The predicted molar refractivity (Wildman–Crippen MR) is 58.3 cm³/mol. The fraction of sp³-hybridized carbons (Fsp3) is 1.00. The summed E-state index contributed by atoms with van der Waals surface area (Å²) in [6, 6.07) is -4.45. The molecule has 0 saturated heterocycles. The predicted octanol–water partition coefficient (Wildman–Crippen LogP) is -0.293. The van der Waals surface area contributed by atoms with E-state index in [-0.39, 0.29) is 12.8 Å². The Balaban J connectivity index is 5.18. The lowest BCUT2D eigenvalue weighted by molar-refractivity contribution is 0.229. The van der Waals surface area contributed by atoms with E-state index < -0.39 is 38.2 Å². The largest absolute Gasteiger partial charge is 0.395 e. The molecule has 14 heavy (non-hydrogen) atoms. The first-order valence-electron chi connectivity index (χ1n) is 9.32. The van der Waals surface area contributed by atoms with Gasteiger partial charge in [-0.2, -0.15) is 0 Å². The lowest BCUT2D eigenvalue weighted by Crippen LogP contribution is -2.40. The van der Waals surface area contributed by atoms with Crippen molar-refractivity contribution in [3.8, 4) is 0 Å². The van der Waals surface area contributed by atoms with E-state index in [9.17, 15) is 0 Å². The first-order chi connectivity index (χ1) is 10.8. The molecule has 0 heterocycles. The fourth-order valence-electron chi connectivity index (χ4n) is 0.802. The summed E-state index contributed by atoms with van der Waals surface area (Å²) in [5.41, 5.74) is 0. The molecule has 0 aliphatic rings. The highest BCUT2D eigenvalue weighted by atomic mass is 16.3. The zero-order chi connectivity index (χ0) is 19.4. The molecule has 0 radical (unpaired) electrons. The molecule has 86 valence electrons. The normalized spacial score (nSPS) is 32.9. The standard InChI is InChI=1S/C10H24N2O2/c1-3-9(7-13)11-5-6-12-10(4-2)8-14/h9-14H,3-8H2,1-2H3/t9-,10-/m0/s1/i7D2,8D2,9D,10D,13D,14D/hD2. The average molecular weight is 214 g/mol. The average Bonchev–Trinajstić information content (AvgIpc) is 2.56. The minimum absolute atomic E-state index is 0.184. The van der Waals surface area contributed by atoms with E-state index in [2.05, 4.69) is 10.2 Å². The Hall–Kier alpha value is -0.160. The van der Waals surface area contributed by atoms with Crippen LogP contribution in [0, 0.1) is 0 Å². The van der Waals surface area contributed by atoms with Crippen molar-refractivity contribution in [3.05, 3.63) is 0 Å². The van der Waals surface area contributed by atoms with Gasteiger partial charge in [-0.1, -0.05) is 13.8 Å². The van der Waals surface area contributed by atoms with E-state index >= 15 is 0 Å². The topological polar surface area (TPSA) is 64.5 Å². The van der Waals surface area contributed by atoms with Crippen molar-refractivity contribution in [2.75, 3.05) is 26.2 Å². The highest BCUT2D eigenvalue weighted by Crippen LogP contribution is 1.89. The molecule has 0 aromatic rings. The highest BCUT2D eigenvalue weighted by Gasteiger charge is 2.04. The van der Waals surface area contributed by atoms with Crippen LogP contribution < -0.4 is 10.6 Å². The van der Waals surface area contributed by atoms with Crippen molar-refractivity contribution >= 4 is 0 Å². The Kier molecular flexibility index (Phi) is 2.94. The van der Waals surface area contributed by atoms with Gasteiger partial charge < -0.3 is 20.8 Å². The Morgan fingerprint density at radius 3 is 1.93 bits per heavy atom. The first kappa shape index (κ1) is 4.37. The maximum absolute atomic E-state index is 8.05. The van der Waals surface area contributed by atoms with Crippen molar-refractivity contribution < 1.29 is 21.3 Å². The van der Waals surface area contributed by atoms with Gasteiger partial charge >= 0.3 is 0 Å². The molecular weight excluding hydrogens is 180 g/mol. The second-order valence-corrected chi connectivity index (χ2v) is 2.57. The second-order valence-electron chi connectivity index (χ2n) is 2.57. The monoisotopic (exact) mass is 214 g/mol. The number of nitrogens with one attached hydrogen (secondary N) is 2. The molecule has 0 aliphatic carbocycles. The lowest BCUT2D eigenvalue weighted by atomic mass is 10.2. The van der Waals surface area contributed by atoms with Crippen molar-refractivity contribution in [1.29, 1.82) is 2.86 Å². The van der Waals surface area contributed by atoms with Gasteiger partial charge in [0, 0.05) is 27.9 Å². The van der Waals surface area contributed by atoms with Gasteiger partial charge in [0.15, 0.2) is 0 Å². The van der Waals surface area contributed by atoms with Crippen LogP contribution in [0.4, 0.5) is 0 Å². The Bertz CT molecular complexity index is 368. The van der Waals surface area contributed by atoms with E-state index in [1.165, 1.54) is 13.8 Å². The lowest BCUT2D eigenvalue weighted by Gasteiger charge is -2.17. The summed E-state index contributed by atoms with van der Waals surface area (Å²) in [6.07, 6.45) is -0.367. The van der Waals surface area contributed by atoms with Crippen LogP contribution in [0.25, 0.3) is 0 Å².